The average molecular weight is 260 g/mol. The predicted octanol–water partition coefficient (Wildman–Crippen LogP) is 1.80. The number of aliphatic hydroxyl groups is 2. The molecule has 0 saturated heterocycles. The Bertz CT molecular complexity index is 579. The van der Waals surface area contributed by atoms with Crippen LogP contribution < -0.4 is 0 Å². The first kappa shape index (κ1) is 13.5. The fourth-order valence-corrected chi connectivity index (χ4v) is 1.98. The van der Waals surface area contributed by atoms with Crippen molar-refractivity contribution >= 4 is 16.7 Å². The quantitative estimate of drug-likeness (QED) is 0.823. The first-order valence-corrected chi connectivity index (χ1v) is 6.03. The average Bonchev–Trinajstić information content (AvgIpc) is 2.45. The number of benzene rings is 2. The summed E-state index contributed by atoms with van der Waals surface area (Å²) in [5.41, 5.74) is 0.579. The number of ether oxygens (including phenoxy) is 1. The molecule has 0 heterocycles. The molecular weight excluding hydrogens is 244 g/mol. The zero-order valence-corrected chi connectivity index (χ0v) is 10.6. The summed E-state index contributed by atoms with van der Waals surface area (Å²) in [4.78, 5) is 11.1. The van der Waals surface area contributed by atoms with Gasteiger partial charge in [-0.15, -0.1) is 0 Å². The molecule has 2 atom stereocenters. The van der Waals surface area contributed by atoms with E-state index in [-0.39, 0.29) is 6.42 Å². The monoisotopic (exact) mass is 260 g/mol. The summed E-state index contributed by atoms with van der Waals surface area (Å²) in [5.74, 6) is -0.549. The Morgan fingerprint density at radius 2 is 1.84 bits per heavy atom. The highest BCUT2D eigenvalue weighted by Gasteiger charge is 2.21. The normalized spacial score (nSPS) is 14.1. The summed E-state index contributed by atoms with van der Waals surface area (Å²) in [6.45, 7) is 0. The molecule has 0 radical (unpaired) electrons. The topological polar surface area (TPSA) is 66.8 Å². The van der Waals surface area contributed by atoms with Crippen molar-refractivity contribution in [1.29, 1.82) is 0 Å². The largest absolute Gasteiger partial charge is 0.469 e. The van der Waals surface area contributed by atoms with Gasteiger partial charge in [-0.2, -0.15) is 0 Å². The molecular formula is C15H16O4. The van der Waals surface area contributed by atoms with Crippen LogP contribution in [-0.2, 0) is 9.53 Å². The number of aliphatic hydroxyl groups excluding tert-OH is 2. The molecule has 0 aromatic heterocycles. The van der Waals surface area contributed by atoms with Crippen molar-refractivity contribution < 1.29 is 19.7 Å². The summed E-state index contributed by atoms with van der Waals surface area (Å²) in [6.07, 6.45) is -2.51. The highest BCUT2D eigenvalue weighted by atomic mass is 16.5. The van der Waals surface area contributed by atoms with Gasteiger partial charge in [-0.3, -0.25) is 4.79 Å². The van der Waals surface area contributed by atoms with Crippen molar-refractivity contribution in [1.82, 2.24) is 0 Å². The van der Waals surface area contributed by atoms with Crippen molar-refractivity contribution in [2.45, 2.75) is 18.6 Å². The zero-order valence-electron chi connectivity index (χ0n) is 10.6. The van der Waals surface area contributed by atoms with Crippen LogP contribution in [0, 0.1) is 0 Å². The molecule has 0 aliphatic heterocycles. The van der Waals surface area contributed by atoms with E-state index in [1.165, 1.54) is 7.11 Å². The number of rotatable bonds is 4. The van der Waals surface area contributed by atoms with Crippen LogP contribution in [0.5, 0.6) is 0 Å². The highest BCUT2D eigenvalue weighted by molar-refractivity contribution is 5.83. The van der Waals surface area contributed by atoms with Crippen molar-refractivity contribution in [3.05, 3.63) is 48.0 Å². The first-order valence-electron chi connectivity index (χ1n) is 6.03. The van der Waals surface area contributed by atoms with Gasteiger partial charge in [0, 0.05) is 0 Å². The Hall–Kier alpha value is -1.91. The number of esters is 1. The van der Waals surface area contributed by atoms with Gasteiger partial charge >= 0.3 is 5.97 Å². The van der Waals surface area contributed by atoms with Gasteiger partial charge in [-0.1, -0.05) is 36.4 Å². The summed E-state index contributed by atoms with van der Waals surface area (Å²) < 4.78 is 4.47. The molecule has 100 valence electrons. The second-order valence-electron chi connectivity index (χ2n) is 4.40. The van der Waals surface area contributed by atoms with Gasteiger partial charge in [-0.25, -0.2) is 0 Å². The minimum atomic E-state index is -1.17. The molecule has 2 N–H and O–H groups in total. The molecule has 0 aliphatic rings. The molecule has 0 bridgehead atoms. The molecule has 0 amide bonds. The molecule has 2 aromatic carbocycles. The minimum Gasteiger partial charge on any atom is -0.469 e. The molecule has 4 heteroatoms. The number of hydrogen-bond acceptors (Lipinski definition) is 4. The summed E-state index contributed by atoms with van der Waals surface area (Å²) in [7, 11) is 1.25. The number of hydrogen-bond donors (Lipinski definition) is 2. The number of fused-ring (bicyclic) bond motifs is 1. The molecule has 2 rings (SSSR count). The summed E-state index contributed by atoms with van der Waals surface area (Å²) in [6, 6.07) is 13.2. The van der Waals surface area contributed by atoms with Crippen LogP contribution in [0.3, 0.4) is 0 Å². The predicted molar refractivity (Wildman–Crippen MR) is 71.5 cm³/mol. The Balaban J connectivity index is 2.21. The van der Waals surface area contributed by atoms with Crippen molar-refractivity contribution in [3.8, 4) is 0 Å². The number of carbonyl (C=O) groups excluding carboxylic acids is 1. The number of methoxy groups -OCH3 is 1. The van der Waals surface area contributed by atoms with Crippen LogP contribution in [0.25, 0.3) is 10.8 Å². The third-order valence-electron chi connectivity index (χ3n) is 3.08. The molecule has 0 fully saturated rings. The van der Waals surface area contributed by atoms with E-state index in [4.69, 9.17) is 0 Å². The molecule has 19 heavy (non-hydrogen) atoms. The molecule has 0 spiro atoms. The van der Waals surface area contributed by atoms with Gasteiger partial charge in [0.25, 0.3) is 0 Å². The minimum absolute atomic E-state index is 0.232. The second kappa shape index (κ2) is 5.82. The lowest BCUT2D eigenvalue weighted by molar-refractivity contribution is -0.144. The Labute approximate surface area is 111 Å². The lowest BCUT2D eigenvalue weighted by Crippen LogP contribution is -2.22. The van der Waals surface area contributed by atoms with Gasteiger partial charge in [0.2, 0.25) is 0 Å². The summed E-state index contributed by atoms with van der Waals surface area (Å²) >= 11 is 0. The van der Waals surface area contributed by atoms with Gasteiger partial charge in [-0.05, 0) is 22.4 Å². The van der Waals surface area contributed by atoms with Gasteiger partial charge < -0.3 is 14.9 Å². The lowest BCUT2D eigenvalue weighted by atomic mass is 9.99. The molecule has 0 saturated carbocycles. The van der Waals surface area contributed by atoms with Crippen LogP contribution >= 0.6 is 0 Å². The zero-order chi connectivity index (χ0) is 13.8. The van der Waals surface area contributed by atoms with E-state index in [0.29, 0.717) is 5.56 Å². The first-order chi connectivity index (χ1) is 9.11. The SMILES string of the molecule is COC(=O)CC(O)C(O)c1ccc2ccccc2c1. The fraction of sp³-hybridized carbons (Fsp3) is 0.267. The van der Waals surface area contributed by atoms with E-state index in [0.717, 1.165) is 10.8 Å². The van der Waals surface area contributed by atoms with E-state index >= 15 is 0 Å². The molecule has 2 unspecified atom stereocenters. The van der Waals surface area contributed by atoms with Crippen LogP contribution in [0.15, 0.2) is 42.5 Å². The maximum absolute atomic E-state index is 11.1. The molecule has 2 aromatic rings. The van der Waals surface area contributed by atoms with E-state index in [9.17, 15) is 15.0 Å². The molecule has 0 aliphatic carbocycles. The third kappa shape index (κ3) is 3.10. The second-order valence-corrected chi connectivity index (χ2v) is 4.40. The van der Waals surface area contributed by atoms with E-state index < -0.39 is 18.2 Å². The van der Waals surface area contributed by atoms with Crippen LogP contribution in [0.1, 0.15) is 18.1 Å². The smallest absolute Gasteiger partial charge is 0.308 e. The van der Waals surface area contributed by atoms with Crippen molar-refractivity contribution in [2.75, 3.05) is 7.11 Å². The van der Waals surface area contributed by atoms with Gasteiger partial charge in [0.15, 0.2) is 0 Å². The maximum atomic E-state index is 11.1. The van der Waals surface area contributed by atoms with Gasteiger partial charge in [0.05, 0.1) is 19.6 Å². The highest BCUT2D eigenvalue weighted by Crippen LogP contribution is 2.23. The standard InChI is InChI=1S/C15H16O4/c1-19-14(17)9-13(16)15(18)12-7-6-10-4-2-3-5-11(10)8-12/h2-8,13,15-16,18H,9H2,1H3. The van der Waals surface area contributed by atoms with E-state index in [2.05, 4.69) is 4.74 Å². The third-order valence-corrected chi connectivity index (χ3v) is 3.08. The number of carbonyl (C=O) groups is 1. The maximum Gasteiger partial charge on any atom is 0.308 e. The Kier molecular flexibility index (Phi) is 4.14. The van der Waals surface area contributed by atoms with Crippen molar-refractivity contribution in [3.63, 3.8) is 0 Å². The lowest BCUT2D eigenvalue weighted by Gasteiger charge is -2.17. The van der Waals surface area contributed by atoms with E-state index in [1.54, 1.807) is 12.1 Å². The molecule has 4 nitrogen and oxygen atoms in total. The van der Waals surface area contributed by atoms with Crippen LogP contribution in [0.4, 0.5) is 0 Å². The summed E-state index contributed by atoms with van der Waals surface area (Å²) in [5, 5.41) is 21.9. The Morgan fingerprint density at radius 3 is 2.53 bits per heavy atom. The van der Waals surface area contributed by atoms with E-state index in [1.807, 2.05) is 30.3 Å². The fourth-order valence-electron chi connectivity index (χ4n) is 1.98. The Morgan fingerprint density at radius 1 is 1.16 bits per heavy atom. The van der Waals surface area contributed by atoms with Crippen LogP contribution in [0.2, 0.25) is 0 Å². The van der Waals surface area contributed by atoms with Gasteiger partial charge in [0.1, 0.15) is 6.10 Å². The van der Waals surface area contributed by atoms with Crippen LogP contribution in [-0.4, -0.2) is 29.4 Å². The van der Waals surface area contributed by atoms with Crippen molar-refractivity contribution in [2.24, 2.45) is 0 Å².